The monoisotopic (exact) mass is 414 g/mol. The van der Waals surface area contributed by atoms with Gasteiger partial charge < -0.3 is 4.74 Å². The highest BCUT2D eigenvalue weighted by Crippen LogP contribution is 2.42. The Labute approximate surface area is 173 Å². The highest BCUT2D eigenvalue weighted by Gasteiger charge is 2.24. The second kappa shape index (κ2) is 8.22. The van der Waals surface area contributed by atoms with Crippen LogP contribution >= 0.6 is 23.1 Å². The number of rotatable bonds is 6. The number of aryl methyl sites for hydroxylation is 2. The van der Waals surface area contributed by atoms with Crippen LogP contribution in [-0.2, 0) is 24.0 Å². The molecule has 1 aliphatic heterocycles. The lowest BCUT2D eigenvalue weighted by atomic mass is 10.0. The van der Waals surface area contributed by atoms with E-state index < -0.39 is 0 Å². The van der Waals surface area contributed by atoms with Crippen molar-refractivity contribution in [1.29, 1.82) is 0 Å². The van der Waals surface area contributed by atoms with Crippen molar-refractivity contribution in [3.63, 3.8) is 0 Å². The van der Waals surface area contributed by atoms with Gasteiger partial charge in [0.15, 0.2) is 0 Å². The number of fused-ring (bicyclic) bond motifs is 5. The van der Waals surface area contributed by atoms with Crippen LogP contribution in [0.4, 0.5) is 0 Å². The number of nitrogens with zero attached hydrogens (tertiary/aromatic N) is 4. The molecule has 5 rings (SSSR count). The molecule has 0 saturated carbocycles. The van der Waals surface area contributed by atoms with Crippen LogP contribution in [0.2, 0.25) is 0 Å². The van der Waals surface area contributed by atoms with Gasteiger partial charge in [-0.15, -0.1) is 23.1 Å². The van der Waals surface area contributed by atoms with Gasteiger partial charge in [0, 0.05) is 36.5 Å². The van der Waals surface area contributed by atoms with Gasteiger partial charge >= 0.3 is 0 Å². The van der Waals surface area contributed by atoms with Crippen molar-refractivity contribution in [2.24, 2.45) is 0 Å². The summed E-state index contributed by atoms with van der Waals surface area (Å²) < 4.78 is 6.67. The molecular formula is C21H26N4OS2. The third kappa shape index (κ3) is 3.43. The van der Waals surface area contributed by atoms with Crippen LogP contribution in [0.3, 0.4) is 0 Å². The van der Waals surface area contributed by atoms with Crippen molar-refractivity contribution in [1.82, 2.24) is 19.9 Å². The Balaban J connectivity index is 1.48. The third-order valence-corrected chi connectivity index (χ3v) is 7.94. The van der Waals surface area contributed by atoms with E-state index in [-0.39, 0.29) is 0 Å². The van der Waals surface area contributed by atoms with Crippen molar-refractivity contribution >= 4 is 43.5 Å². The van der Waals surface area contributed by atoms with E-state index in [9.17, 15) is 0 Å². The van der Waals surface area contributed by atoms with Crippen LogP contribution in [0.25, 0.3) is 20.4 Å². The Hall–Kier alpha value is -1.28. The molecule has 4 heterocycles. The molecule has 0 aromatic carbocycles. The zero-order valence-electron chi connectivity index (χ0n) is 16.4. The maximum Gasteiger partial charge on any atom is 0.126 e. The number of morpholine rings is 1. The predicted molar refractivity (Wildman–Crippen MR) is 117 cm³/mol. The first kappa shape index (κ1) is 18.7. The second-order valence-corrected chi connectivity index (χ2v) is 9.64. The molecule has 5 nitrogen and oxygen atoms in total. The van der Waals surface area contributed by atoms with Crippen LogP contribution < -0.4 is 0 Å². The van der Waals surface area contributed by atoms with Gasteiger partial charge in [-0.05, 0) is 36.8 Å². The van der Waals surface area contributed by atoms with Crippen LogP contribution in [0.15, 0.2) is 11.4 Å². The minimum Gasteiger partial charge on any atom is -0.379 e. The molecule has 0 radical (unpaired) electrons. The highest BCUT2D eigenvalue weighted by atomic mass is 32.2. The predicted octanol–water partition coefficient (Wildman–Crippen LogP) is 4.11. The summed E-state index contributed by atoms with van der Waals surface area (Å²) in [6.45, 7) is 7.12. The van der Waals surface area contributed by atoms with E-state index in [0.29, 0.717) is 0 Å². The molecule has 0 N–H and O–H groups in total. The summed E-state index contributed by atoms with van der Waals surface area (Å²) in [5.41, 5.74) is 5.47. The van der Waals surface area contributed by atoms with Gasteiger partial charge in [0.1, 0.15) is 16.2 Å². The van der Waals surface area contributed by atoms with Crippen LogP contribution in [0.1, 0.15) is 36.6 Å². The number of thiophene rings is 1. The molecule has 28 heavy (non-hydrogen) atoms. The van der Waals surface area contributed by atoms with E-state index in [4.69, 9.17) is 14.7 Å². The molecule has 7 heteroatoms. The van der Waals surface area contributed by atoms with Crippen molar-refractivity contribution in [2.45, 2.75) is 44.1 Å². The molecule has 148 valence electrons. The zero-order chi connectivity index (χ0) is 18.9. The number of hydrogen-bond acceptors (Lipinski definition) is 7. The lowest BCUT2D eigenvalue weighted by molar-refractivity contribution is 0.0410. The van der Waals surface area contributed by atoms with Crippen molar-refractivity contribution in [2.75, 3.05) is 38.6 Å². The summed E-state index contributed by atoms with van der Waals surface area (Å²) in [6, 6.07) is 0. The summed E-state index contributed by atoms with van der Waals surface area (Å²) in [4.78, 5) is 18.1. The fraction of sp³-hybridized carbons (Fsp3) is 0.571. The largest absolute Gasteiger partial charge is 0.379 e. The maximum absolute atomic E-state index is 5.44. The molecule has 0 unspecified atom stereocenters. The number of thioether (sulfide) groups is 1. The Morgan fingerprint density at radius 1 is 1.18 bits per heavy atom. The van der Waals surface area contributed by atoms with Gasteiger partial charge in [0.05, 0.1) is 23.4 Å². The number of hydrogen-bond donors (Lipinski definition) is 0. The maximum atomic E-state index is 5.44. The Morgan fingerprint density at radius 3 is 2.89 bits per heavy atom. The van der Waals surface area contributed by atoms with E-state index in [1.807, 2.05) is 11.8 Å². The molecule has 2 aliphatic rings. The Kier molecular flexibility index (Phi) is 5.50. The average molecular weight is 415 g/mol. The molecular weight excluding hydrogens is 388 g/mol. The van der Waals surface area contributed by atoms with Crippen molar-refractivity contribution in [3.8, 4) is 0 Å². The molecule has 3 aromatic heterocycles. The summed E-state index contributed by atoms with van der Waals surface area (Å²) in [5, 5.41) is 2.43. The SMILES string of the molecule is CCCc1nc2sc3c(SCCN4CCOCC4)ncnc3c2c2c1CCC2. The zero-order valence-corrected chi connectivity index (χ0v) is 18.0. The minimum absolute atomic E-state index is 0.857. The van der Waals surface area contributed by atoms with Gasteiger partial charge in [0.25, 0.3) is 0 Å². The molecule has 0 bridgehead atoms. The van der Waals surface area contributed by atoms with E-state index in [1.165, 1.54) is 46.2 Å². The first-order chi connectivity index (χ1) is 13.8. The van der Waals surface area contributed by atoms with Crippen LogP contribution in [0.5, 0.6) is 0 Å². The van der Waals surface area contributed by atoms with Crippen molar-refractivity contribution in [3.05, 3.63) is 23.1 Å². The molecule has 1 saturated heterocycles. The van der Waals surface area contributed by atoms with Crippen molar-refractivity contribution < 1.29 is 4.74 Å². The summed E-state index contributed by atoms with van der Waals surface area (Å²) in [6.07, 6.45) is 7.57. The van der Waals surface area contributed by atoms with Crippen LogP contribution in [-0.4, -0.2) is 58.5 Å². The van der Waals surface area contributed by atoms with Gasteiger partial charge in [-0.1, -0.05) is 13.3 Å². The summed E-state index contributed by atoms with van der Waals surface area (Å²) in [5.74, 6) is 1.05. The summed E-state index contributed by atoms with van der Waals surface area (Å²) in [7, 11) is 0. The van der Waals surface area contributed by atoms with E-state index in [0.717, 1.165) is 66.8 Å². The molecule has 0 atom stereocenters. The van der Waals surface area contributed by atoms with Gasteiger partial charge in [-0.2, -0.15) is 0 Å². The van der Waals surface area contributed by atoms with Gasteiger partial charge in [-0.25, -0.2) is 15.0 Å². The quantitative estimate of drug-likeness (QED) is 0.447. The fourth-order valence-corrected chi connectivity index (χ4v) is 6.65. The topological polar surface area (TPSA) is 51.1 Å². The fourth-order valence-electron chi connectivity index (χ4n) is 4.40. The molecule has 3 aromatic rings. The first-order valence-electron chi connectivity index (χ1n) is 10.4. The lowest BCUT2D eigenvalue weighted by Crippen LogP contribution is -2.37. The molecule has 1 fully saturated rings. The lowest BCUT2D eigenvalue weighted by Gasteiger charge is -2.26. The first-order valence-corrected chi connectivity index (χ1v) is 12.2. The Morgan fingerprint density at radius 2 is 2.04 bits per heavy atom. The van der Waals surface area contributed by atoms with Crippen LogP contribution in [0, 0.1) is 0 Å². The molecule has 1 aliphatic carbocycles. The van der Waals surface area contributed by atoms with E-state index in [1.54, 1.807) is 17.7 Å². The van der Waals surface area contributed by atoms with Gasteiger partial charge in [-0.3, -0.25) is 4.90 Å². The molecule has 0 amide bonds. The van der Waals surface area contributed by atoms with Gasteiger partial charge in [0.2, 0.25) is 0 Å². The summed E-state index contributed by atoms with van der Waals surface area (Å²) >= 11 is 3.65. The number of aromatic nitrogens is 3. The minimum atomic E-state index is 0.857. The molecule has 0 spiro atoms. The Bertz CT molecular complexity index is 997. The number of pyridine rings is 1. The highest BCUT2D eigenvalue weighted by molar-refractivity contribution is 7.99. The normalized spacial score (nSPS) is 17.6. The van der Waals surface area contributed by atoms with E-state index in [2.05, 4.69) is 16.8 Å². The van der Waals surface area contributed by atoms with E-state index >= 15 is 0 Å². The average Bonchev–Trinajstić information content (AvgIpc) is 3.34. The number of ether oxygens (including phenoxy) is 1. The second-order valence-electron chi connectivity index (χ2n) is 7.56. The third-order valence-electron chi connectivity index (χ3n) is 5.76. The standard InChI is InChI=1S/C21H26N4OS2/c1-2-4-16-14-5-3-6-15(14)17-18-19(28-20(17)24-16)21(23-13-22-18)27-12-9-25-7-10-26-11-8-25/h13H,2-12H2,1H3. The smallest absolute Gasteiger partial charge is 0.126 e.